The Kier molecular flexibility index (Phi) is 5.55. The highest BCUT2D eigenvalue weighted by molar-refractivity contribution is 5.67. The first-order valence-electron chi connectivity index (χ1n) is 8.89. The number of ether oxygens (including phenoxy) is 1. The van der Waals surface area contributed by atoms with Crippen LogP contribution >= 0.6 is 0 Å². The quantitative estimate of drug-likeness (QED) is 0.903. The van der Waals surface area contributed by atoms with Gasteiger partial charge >= 0.3 is 6.09 Å². The second-order valence-corrected chi connectivity index (χ2v) is 7.02. The highest BCUT2D eigenvalue weighted by atomic mass is 16.5. The number of fused-ring (bicyclic) bond motifs is 2. The van der Waals surface area contributed by atoms with E-state index in [1.165, 1.54) is 32.1 Å². The average Bonchev–Trinajstić information content (AvgIpc) is 2.55. The van der Waals surface area contributed by atoms with Gasteiger partial charge in [0.05, 0.1) is 0 Å². The smallest absolute Gasteiger partial charge is 0.407 e. The number of nitrogens with zero attached hydrogens (tertiary/aromatic N) is 1. The molecular weight excluding hydrogens is 288 g/mol. The molecule has 0 saturated carbocycles. The van der Waals surface area contributed by atoms with E-state index < -0.39 is 0 Å². The normalized spacial score (nSPS) is 27.4. The van der Waals surface area contributed by atoms with E-state index in [4.69, 9.17) is 4.74 Å². The fourth-order valence-electron chi connectivity index (χ4n) is 4.12. The van der Waals surface area contributed by atoms with Gasteiger partial charge in [-0.1, -0.05) is 36.8 Å². The third-order valence-corrected chi connectivity index (χ3v) is 5.47. The van der Waals surface area contributed by atoms with Crippen molar-refractivity contribution in [1.29, 1.82) is 0 Å². The number of alkyl carbamates (subject to hydrolysis) is 1. The molecule has 4 nitrogen and oxygen atoms in total. The average molecular weight is 316 g/mol. The van der Waals surface area contributed by atoms with Crippen LogP contribution in [0.2, 0.25) is 0 Å². The molecule has 0 spiro atoms. The summed E-state index contributed by atoms with van der Waals surface area (Å²) in [5, 5.41) is 2.90. The largest absolute Gasteiger partial charge is 0.445 e. The topological polar surface area (TPSA) is 41.6 Å². The van der Waals surface area contributed by atoms with Crippen LogP contribution in [0.4, 0.5) is 4.79 Å². The number of benzene rings is 1. The molecule has 0 aromatic heterocycles. The highest BCUT2D eigenvalue weighted by Crippen LogP contribution is 2.36. The zero-order valence-electron chi connectivity index (χ0n) is 14.0. The van der Waals surface area contributed by atoms with E-state index in [0.717, 1.165) is 36.5 Å². The minimum absolute atomic E-state index is 0.304. The summed E-state index contributed by atoms with van der Waals surface area (Å²) in [6.45, 7) is 1.06. The molecule has 1 aromatic carbocycles. The molecule has 4 heteroatoms. The summed E-state index contributed by atoms with van der Waals surface area (Å²) >= 11 is 0. The van der Waals surface area contributed by atoms with E-state index in [1.807, 2.05) is 30.3 Å². The Labute approximate surface area is 139 Å². The zero-order chi connectivity index (χ0) is 16.1. The van der Waals surface area contributed by atoms with Gasteiger partial charge in [-0.25, -0.2) is 4.79 Å². The molecule has 23 heavy (non-hydrogen) atoms. The molecule has 1 amide bonds. The Bertz CT molecular complexity index is 491. The van der Waals surface area contributed by atoms with Crippen molar-refractivity contribution >= 4 is 6.09 Å². The van der Waals surface area contributed by atoms with Gasteiger partial charge in [-0.2, -0.15) is 0 Å². The van der Waals surface area contributed by atoms with Crippen LogP contribution in [0.1, 0.15) is 44.1 Å². The van der Waals surface area contributed by atoms with Crippen LogP contribution in [0.15, 0.2) is 30.3 Å². The second kappa shape index (κ2) is 7.82. The number of carbonyl (C=O) groups is 1. The van der Waals surface area contributed by atoms with Crippen LogP contribution in [0.25, 0.3) is 0 Å². The monoisotopic (exact) mass is 316 g/mol. The van der Waals surface area contributed by atoms with Crippen molar-refractivity contribution in [3.63, 3.8) is 0 Å². The van der Waals surface area contributed by atoms with Crippen molar-refractivity contribution in [2.24, 2.45) is 5.92 Å². The lowest BCUT2D eigenvalue weighted by molar-refractivity contribution is 0.0342. The lowest BCUT2D eigenvalue weighted by Crippen LogP contribution is -2.50. The number of hydrogen-bond donors (Lipinski definition) is 1. The first-order chi connectivity index (χ1) is 11.2. The van der Waals surface area contributed by atoms with Crippen molar-refractivity contribution in [3.8, 4) is 0 Å². The summed E-state index contributed by atoms with van der Waals surface area (Å²) in [6.07, 6.45) is 7.41. The van der Waals surface area contributed by atoms with Crippen molar-refractivity contribution in [3.05, 3.63) is 35.9 Å². The van der Waals surface area contributed by atoms with Crippen LogP contribution in [0.3, 0.4) is 0 Å². The van der Waals surface area contributed by atoms with Crippen LogP contribution in [0.5, 0.6) is 0 Å². The molecule has 0 aliphatic carbocycles. The van der Waals surface area contributed by atoms with Gasteiger partial charge in [-0.05, 0) is 50.6 Å². The predicted octanol–water partition coefficient (Wildman–Crippen LogP) is 3.57. The number of carbonyl (C=O) groups excluding carboxylic acids is 1. The summed E-state index contributed by atoms with van der Waals surface area (Å²) in [7, 11) is 2.28. The van der Waals surface area contributed by atoms with Gasteiger partial charge < -0.3 is 15.0 Å². The molecule has 2 saturated heterocycles. The molecular formula is C19H28N2O2. The van der Waals surface area contributed by atoms with Gasteiger partial charge in [0, 0.05) is 18.6 Å². The standard InChI is InChI=1S/C19H28N2O2/c1-21-17-8-5-9-18(21)13-16(12-17)10-11-20-19(22)23-14-15-6-3-2-4-7-15/h2-4,6-7,16-18H,5,8-14H2,1H3,(H,20,22). The Balaban J connectivity index is 1.34. The van der Waals surface area contributed by atoms with E-state index in [1.54, 1.807) is 0 Å². The van der Waals surface area contributed by atoms with Crippen molar-refractivity contribution in [2.45, 2.75) is 57.2 Å². The maximum absolute atomic E-state index is 11.8. The predicted molar refractivity (Wildman–Crippen MR) is 91.2 cm³/mol. The Morgan fingerprint density at radius 3 is 2.61 bits per heavy atom. The highest BCUT2D eigenvalue weighted by Gasteiger charge is 2.35. The summed E-state index contributed by atoms with van der Waals surface area (Å²) < 4.78 is 5.25. The molecule has 2 fully saturated rings. The van der Waals surface area contributed by atoms with Crippen molar-refractivity contribution in [1.82, 2.24) is 10.2 Å². The number of amides is 1. The Morgan fingerprint density at radius 1 is 1.22 bits per heavy atom. The van der Waals surface area contributed by atoms with Crippen molar-refractivity contribution < 1.29 is 9.53 Å². The van der Waals surface area contributed by atoms with Crippen molar-refractivity contribution in [2.75, 3.05) is 13.6 Å². The number of rotatable bonds is 5. The molecule has 2 unspecified atom stereocenters. The Hall–Kier alpha value is -1.55. The van der Waals surface area contributed by atoms with E-state index in [2.05, 4.69) is 17.3 Å². The first kappa shape index (κ1) is 16.3. The molecule has 2 aliphatic rings. The molecule has 126 valence electrons. The van der Waals surface area contributed by atoms with Crippen LogP contribution < -0.4 is 5.32 Å². The molecule has 2 aliphatic heterocycles. The van der Waals surface area contributed by atoms with E-state index in [9.17, 15) is 4.79 Å². The maximum Gasteiger partial charge on any atom is 0.407 e. The Morgan fingerprint density at radius 2 is 1.91 bits per heavy atom. The first-order valence-corrected chi connectivity index (χ1v) is 8.89. The van der Waals surface area contributed by atoms with Gasteiger partial charge in [-0.3, -0.25) is 0 Å². The molecule has 1 aromatic rings. The molecule has 2 heterocycles. The summed E-state index contributed by atoms with van der Waals surface area (Å²) in [6, 6.07) is 11.3. The molecule has 1 N–H and O–H groups in total. The minimum atomic E-state index is -0.304. The van der Waals surface area contributed by atoms with Gasteiger partial charge in [0.25, 0.3) is 0 Å². The van der Waals surface area contributed by atoms with E-state index >= 15 is 0 Å². The summed E-state index contributed by atoms with van der Waals surface area (Å²) in [5.74, 6) is 0.746. The van der Waals surface area contributed by atoms with E-state index in [0.29, 0.717) is 6.61 Å². The number of nitrogens with one attached hydrogen (secondary N) is 1. The third kappa shape index (κ3) is 4.47. The minimum Gasteiger partial charge on any atom is -0.445 e. The lowest BCUT2D eigenvalue weighted by atomic mass is 9.77. The van der Waals surface area contributed by atoms with E-state index in [-0.39, 0.29) is 6.09 Å². The fraction of sp³-hybridized carbons (Fsp3) is 0.632. The number of piperidine rings is 2. The lowest BCUT2D eigenvalue weighted by Gasteiger charge is -2.47. The van der Waals surface area contributed by atoms with Crippen LogP contribution in [-0.2, 0) is 11.3 Å². The number of hydrogen-bond acceptors (Lipinski definition) is 3. The molecule has 3 rings (SSSR count). The maximum atomic E-state index is 11.8. The van der Waals surface area contributed by atoms with Crippen LogP contribution in [-0.4, -0.2) is 36.7 Å². The molecule has 0 radical (unpaired) electrons. The fourth-order valence-corrected chi connectivity index (χ4v) is 4.12. The molecule has 2 atom stereocenters. The summed E-state index contributed by atoms with van der Waals surface area (Å²) in [5.41, 5.74) is 1.02. The zero-order valence-corrected chi connectivity index (χ0v) is 14.0. The van der Waals surface area contributed by atoms with Gasteiger partial charge in [-0.15, -0.1) is 0 Å². The third-order valence-electron chi connectivity index (χ3n) is 5.47. The van der Waals surface area contributed by atoms with Gasteiger partial charge in [0.15, 0.2) is 0 Å². The summed E-state index contributed by atoms with van der Waals surface area (Å²) in [4.78, 5) is 14.3. The second-order valence-electron chi connectivity index (χ2n) is 7.02. The van der Waals surface area contributed by atoms with Gasteiger partial charge in [0.1, 0.15) is 6.61 Å². The molecule has 2 bridgehead atoms. The van der Waals surface area contributed by atoms with Crippen LogP contribution in [0, 0.1) is 5.92 Å². The van der Waals surface area contributed by atoms with Gasteiger partial charge in [0.2, 0.25) is 0 Å². The SMILES string of the molecule is CN1C2CCCC1CC(CCNC(=O)OCc1ccccc1)C2.